The summed E-state index contributed by atoms with van der Waals surface area (Å²) in [5.74, 6) is 2.38. The number of hydrogen-bond acceptors (Lipinski definition) is 2. The summed E-state index contributed by atoms with van der Waals surface area (Å²) in [5.41, 5.74) is 5.14. The molecule has 0 spiro atoms. The van der Waals surface area contributed by atoms with Crippen molar-refractivity contribution in [3.05, 3.63) is 71.6 Å². The summed E-state index contributed by atoms with van der Waals surface area (Å²) >= 11 is 0. The van der Waals surface area contributed by atoms with Crippen molar-refractivity contribution in [3.8, 4) is 0 Å². The highest BCUT2D eigenvalue weighted by Gasteiger charge is 2.19. The van der Waals surface area contributed by atoms with Crippen molar-refractivity contribution in [2.75, 3.05) is 0 Å². The molecule has 27 heavy (non-hydrogen) atoms. The van der Waals surface area contributed by atoms with E-state index in [1.165, 1.54) is 17.2 Å². The van der Waals surface area contributed by atoms with E-state index >= 15 is 0 Å². The summed E-state index contributed by atoms with van der Waals surface area (Å²) in [6, 6.07) is 6.27. The largest absolute Gasteiger partial charge is 0.253 e. The van der Waals surface area contributed by atoms with Gasteiger partial charge in [0.1, 0.15) is 49.3 Å². The highest BCUT2D eigenvalue weighted by molar-refractivity contribution is 5.75. The van der Waals surface area contributed by atoms with Gasteiger partial charge in [0.25, 0.3) is 11.6 Å². The molecule has 0 N–H and O–H groups in total. The number of fused-ring (bicyclic) bond motifs is 1. The first kappa shape index (κ1) is 17.4. The topological polar surface area (TPSA) is 43.4 Å². The molecule has 0 bridgehead atoms. The molecule has 0 atom stereocenters. The molecule has 6 heteroatoms. The molecule has 0 unspecified atom stereocenters. The number of hydrogen-bond donors (Lipinski definition) is 0. The van der Waals surface area contributed by atoms with Gasteiger partial charge in [-0.2, -0.15) is 0 Å². The molecule has 3 heterocycles. The van der Waals surface area contributed by atoms with E-state index in [0.717, 1.165) is 22.4 Å². The Bertz CT molecular complexity index is 1140. The van der Waals surface area contributed by atoms with Gasteiger partial charge in [0.15, 0.2) is 0 Å². The van der Waals surface area contributed by atoms with Crippen LogP contribution >= 0.6 is 0 Å². The van der Waals surface area contributed by atoms with Gasteiger partial charge in [-0.1, -0.05) is 6.07 Å². The quantitative estimate of drug-likeness (QED) is 0.521. The minimum atomic E-state index is 0.714. The lowest BCUT2D eigenvalue weighted by Crippen LogP contribution is -2.30. The zero-order valence-electron chi connectivity index (χ0n) is 16.6. The lowest BCUT2D eigenvalue weighted by molar-refractivity contribution is -0.677. The first-order valence-corrected chi connectivity index (χ1v) is 9.21. The SMILES string of the molecule is Cc1ccc2nc(Cn3cc[n+](C)c3C)c(Cn3cc[n+](C)c3C)nc2c1. The first-order valence-electron chi connectivity index (χ1n) is 9.21. The van der Waals surface area contributed by atoms with Crippen LogP contribution in [-0.4, -0.2) is 19.1 Å². The summed E-state index contributed by atoms with van der Waals surface area (Å²) < 4.78 is 8.68. The van der Waals surface area contributed by atoms with Gasteiger partial charge in [0.05, 0.1) is 25.1 Å². The maximum atomic E-state index is 5.00. The normalized spacial score (nSPS) is 11.4. The molecule has 0 aliphatic carbocycles. The van der Waals surface area contributed by atoms with Gasteiger partial charge >= 0.3 is 0 Å². The van der Waals surface area contributed by atoms with E-state index in [9.17, 15) is 0 Å². The molecule has 0 radical (unpaired) electrons. The second-order valence-corrected chi connectivity index (χ2v) is 7.28. The Kier molecular flexibility index (Phi) is 4.26. The van der Waals surface area contributed by atoms with E-state index in [-0.39, 0.29) is 0 Å². The van der Waals surface area contributed by atoms with Crippen LogP contribution in [0.15, 0.2) is 43.0 Å². The maximum absolute atomic E-state index is 5.00. The van der Waals surface area contributed by atoms with Crippen molar-refractivity contribution in [2.24, 2.45) is 14.1 Å². The van der Waals surface area contributed by atoms with Gasteiger partial charge in [0.2, 0.25) is 0 Å². The minimum absolute atomic E-state index is 0.714. The molecule has 0 aliphatic rings. The molecule has 4 aromatic rings. The summed E-state index contributed by atoms with van der Waals surface area (Å²) in [5, 5.41) is 0. The Morgan fingerprint density at radius 1 is 0.778 bits per heavy atom. The van der Waals surface area contributed by atoms with Crippen LogP contribution in [0.2, 0.25) is 0 Å². The third-order valence-electron chi connectivity index (χ3n) is 5.41. The third-order valence-corrected chi connectivity index (χ3v) is 5.41. The molecular weight excluding hydrogens is 336 g/mol. The molecule has 0 saturated carbocycles. The van der Waals surface area contributed by atoms with Gasteiger partial charge in [-0.3, -0.25) is 0 Å². The summed E-state index contributed by atoms with van der Waals surface area (Å²) in [6.45, 7) is 7.76. The number of benzene rings is 1. The van der Waals surface area contributed by atoms with E-state index < -0.39 is 0 Å². The zero-order valence-corrected chi connectivity index (χ0v) is 16.6. The zero-order chi connectivity index (χ0) is 19.1. The van der Waals surface area contributed by atoms with Gasteiger partial charge in [-0.25, -0.2) is 28.2 Å². The van der Waals surface area contributed by atoms with Crippen LogP contribution < -0.4 is 9.13 Å². The highest BCUT2D eigenvalue weighted by atomic mass is 15.2. The second kappa shape index (κ2) is 6.61. The number of aromatic nitrogens is 6. The second-order valence-electron chi connectivity index (χ2n) is 7.28. The van der Waals surface area contributed by atoms with Crippen LogP contribution in [0.1, 0.15) is 28.6 Å². The molecule has 3 aromatic heterocycles. The molecular formula is C21H26N6+2. The monoisotopic (exact) mass is 362 g/mol. The first-order chi connectivity index (χ1) is 12.9. The van der Waals surface area contributed by atoms with Crippen molar-refractivity contribution in [3.63, 3.8) is 0 Å². The van der Waals surface area contributed by atoms with Crippen LogP contribution in [0.3, 0.4) is 0 Å². The van der Waals surface area contributed by atoms with E-state index in [4.69, 9.17) is 9.97 Å². The number of rotatable bonds is 4. The highest BCUT2D eigenvalue weighted by Crippen LogP contribution is 2.17. The van der Waals surface area contributed by atoms with Crippen molar-refractivity contribution >= 4 is 11.0 Å². The summed E-state index contributed by atoms with van der Waals surface area (Å²) in [7, 11) is 4.12. The molecule has 0 fully saturated rings. The third kappa shape index (κ3) is 3.23. The van der Waals surface area contributed by atoms with Crippen molar-refractivity contribution in [2.45, 2.75) is 33.9 Å². The lowest BCUT2D eigenvalue weighted by atomic mass is 10.2. The van der Waals surface area contributed by atoms with Gasteiger partial charge in [-0.15, -0.1) is 0 Å². The van der Waals surface area contributed by atoms with Crippen molar-refractivity contribution in [1.29, 1.82) is 0 Å². The fourth-order valence-electron chi connectivity index (χ4n) is 3.35. The van der Waals surface area contributed by atoms with Gasteiger partial charge in [0, 0.05) is 13.8 Å². The minimum Gasteiger partial charge on any atom is -0.245 e. The van der Waals surface area contributed by atoms with E-state index in [1.807, 2.05) is 0 Å². The van der Waals surface area contributed by atoms with Crippen LogP contribution in [-0.2, 0) is 27.2 Å². The average Bonchev–Trinajstić information content (AvgIpc) is 3.13. The predicted molar refractivity (Wildman–Crippen MR) is 103 cm³/mol. The van der Waals surface area contributed by atoms with Crippen LogP contribution in [0.4, 0.5) is 0 Å². The Balaban J connectivity index is 1.82. The van der Waals surface area contributed by atoms with E-state index in [1.54, 1.807) is 0 Å². The molecule has 0 saturated heterocycles. The van der Waals surface area contributed by atoms with E-state index in [2.05, 4.69) is 96.1 Å². The Hall–Kier alpha value is -3.02. The van der Waals surface area contributed by atoms with Gasteiger partial charge < -0.3 is 0 Å². The van der Waals surface area contributed by atoms with Crippen LogP contribution in [0.25, 0.3) is 11.0 Å². The number of imidazole rings is 2. The fraction of sp³-hybridized carbons (Fsp3) is 0.333. The average molecular weight is 362 g/mol. The number of nitrogens with zero attached hydrogens (tertiary/aromatic N) is 6. The molecule has 138 valence electrons. The molecule has 4 rings (SSSR count). The maximum Gasteiger partial charge on any atom is 0.253 e. The summed E-state index contributed by atoms with van der Waals surface area (Å²) in [6.07, 6.45) is 8.34. The van der Waals surface area contributed by atoms with Crippen molar-refractivity contribution in [1.82, 2.24) is 19.1 Å². The van der Waals surface area contributed by atoms with Crippen LogP contribution in [0.5, 0.6) is 0 Å². The molecule has 0 amide bonds. The Labute approximate surface area is 159 Å². The standard InChI is InChI=1S/C21H26N6/c1-15-6-7-18-19(12-15)23-21(14-27-11-9-25(5)17(27)3)20(22-18)13-26-10-8-24(4)16(26)2/h6-12H,13-14H2,1-5H3/q+2. The Morgan fingerprint density at radius 2 is 1.30 bits per heavy atom. The molecule has 0 aliphatic heterocycles. The van der Waals surface area contributed by atoms with Crippen molar-refractivity contribution < 1.29 is 9.13 Å². The lowest BCUT2D eigenvalue weighted by Gasteiger charge is -2.09. The van der Waals surface area contributed by atoms with Gasteiger partial charge in [-0.05, 0) is 24.6 Å². The fourth-order valence-corrected chi connectivity index (χ4v) is 3.35. The smallest absolute Gasteiger partial charge is 0.245 e. The number of aryl methyl sites for hydroxylation is 3. The van der Waals surface area contributed by atoms with Crippen LogP contribution in [0, 0.1) is 20.8 Å². The predicted octanol–water partition coefficient (Wildman–Crippen LogP) is 1.90. The molecule has 6 nitrogen and oxygen atoms in total. The summed E-state index contributed by atoms with van der Waals surface area (Å²) in [4.78, 5) is 9.98. The Morgan fingerprint density at radius 3 is 1.78 bits per heavy atom. The molecule has 1 aromatic carbocycles. The van der Waals surface area contributed by atoms with E-state index in [0.29, 0.717) is 13.1 Å².